The average Bonchev–Trinajstić information content (AvgIpc) is 2.86. The Labute approximate surface area is 207 Å². The van der Waals surface area contributed by atoms with Crippen LogP contribution in [0.2, 0.25) is 0 Å². The van der Waals surface area contributed by atoms with Gasteiger partial charge in [0.15, 0.2) is 0 Å². The monoisotopic (exact) mass is 481 g/mol. The number of hydrogen-bond donors (Lipinski definition) is 1. The molecule has 1 saturated heterocycles. The fraction of sp³-hybridized carbons (Fsp3) is 0.444. The van der Waals surface area contributed by atoms with Crippen molar-refractivity contribution in [2.45, 2.75) is 39.3 Å². The quantitative estimate of drug-likeness (QED) is 0.627. The van der Waals surface area contributed by atoms with E-state index in [9.17, 15) is 14.4 Å². The molecule has 0 bridgehead atoms. The molecule has 0 aliphatic carbocycles. The van der Waals surface area contributed by atoms with Crippen LogP contribution in [-0.4, -0.2) is 73.5 Å². The SMILES string of the molecule is COc1ccc(C(=O)NC(C(=O)N2CCN(C(=O)Cc3ccccc3)C(C)C2)C(C)C)c(OC)c1. The molecular weight excluding hydrogens is 446 g/mol. The minimum atomic E-state index is -0.701. The summed E-state index contributed by atoms with van der Waals surface area (Å²) in [5.74, 6) is 0.337. The Balaban J connectivity index is 1.65. The van der Waals surface area contributed by atoms with Gasteiger partial charge < -0.3 is 24.6 Å². The van der Waals surface area contributed by atoms with Crippen molar-refractivity contribution in [1.82, 2.24) is 15.1 Å². The number of ether oxygens (including phenoxy) is 2. The number of carbonyl (C=O) groups excluding carboxylic acids is 3. The third-order valence-electron chi connectivity index (χ3n) is 6.33. The maximum atomic E-state index is 13.4. The number of benzene rings is 2. The lowest BCUT2D eigenvalue weighted by molar-refractivity contribution is -0.143. The first-order valence-electron chi connectivity index (χ1n) is 11.9. The van der Waals surface area contributed by atoms with Gasteiger partial charge in [-0.25, -0.2) is 0 Å². The van der Waals surface area contributed by atoms with Crippen molar-refractivity contribution in [3.8, 4) is 11.5 Å². The number of hydrogen-bond acceptors (Lipinski definition) is 5. The standard InChI is InChI=1S/C27H35N3O5/c1-18(2)25(28-26(32)22-12-11-21(34-4)16-23(22)35-5)27(33)29-13-14-30(19(3)17-29)24(31)15-20-9-7-6-8-10-20/h6-12,16,18-19,25H,13-15,17H2,1-5H3,(H,28,32). The normalized spacial score (nSPS) is 16.6. The van der Waals surface area contributed by atoms with Crippen LogP contribution in [0.3, 0.4) is 0 Å². The van der Waals surface area contributed by atoms with E-state index in [0.29, 0.717) is 43.1 Å². The van der Waals surface area contributed by atoms with Crippen LogP contribution in [0.25, 0.3) is 0 Å². The summed E-state index contributed by atoms with van der Waals surface area (Å²) in [6, 6.07) is 13.8. The molecule has 2 aromatic rings. The van der Waals surface area contributed by atoms with Crippen LogP contribution in [-0.2, 0) is 16.0 Å². The van der Waals surface area contributed by atoms with Gasteiger partial charge in [-0.15, -0.1) is 0 Å². The minimum Gasteiger partial charge on any atom is -0.497 e. The number of rotatable bonds is 8. The zero-order valence-corrected chi connectivity index (χ0v) is 21.1. The number of amides is 3. The third-order valence-corrected chi connectivity index (χ3v) is 6.33. The molecule has 0 aromatic heterocycles. The molecule has 0 saturated carbocycles. The molecule has 0 radical (unpaired) electrons. The third kappa shape index (κ3) is 6.32. The Morgan fingerprint density at radius 1 is 1.03 bits per heavy atom. The van der Waals surface area contributed by atoms with Crippen LogP contribution in [0.5, 0.6) is 11.5 Å². The van der Waals surface area contributed by atoms with E-state index in [1.54, 1.807) is 23.1 Å². The largest absolute Gasteiger partial charge is 0.497 e. The highest BCUT2D eigenvalue weighted by atomic mass is 16.5. The van der Waals surface area contributed by atoms with Crippen molar-refractivity contribution in [2.24, 2.45) is 5.92 Å². The Morgan fingerprint density at radius 3 is 2.34 bits per heavy atom. The zero-order valence-electron chi connectivity index (χ0n) is 21.1. The van der Waals surface area contributed by atoms with Crippen LogP contribution in [0.4, 0.5) is 0 Å². The van der Waals surface area contributed by atoms with E-state index in [4.69, 9.17) is 9.47 Å². The van der Waals surface area contributed by atoms with Gasteiger partial charge in [0, 0.05) is 31.7 Å². The smallest absolute Gasteiger partial charge is 0.255 e. The highest BCUT2D eigenvalue weighted by Crippen LogP contribution is 2.25. The van der Waals surface area contributed by atoms with Crippen molar-refractivity contribution >= 4 is 17.7 Å². The molecule has 8 nitrogen and oxygen atoms in total. The van der Waals surface area contributed by atoms with Gasteiger partial charge in [-0.2, -0.15) is 0 Å². The lowest BCUT2D eigenvalue weighted by atomic mass is 10.0. The highest BCUT2D eigenvalue weighted by molar-refractivity contribution is 6.00. The van der Waals surface area contributed by atoms with Crippen LogP contribution < -0.4 is 14.8 Å². The predicted octanol–water partition coefficient (Wildman–Crippen LogP) is 2.76. The number of nitrogens with zero attached hydrogens (tertiary/aromatic N) is 2. The van der Waals surface area contributed by atoms with Crippen molar-refractivity contribution < 1.29 is 23.9 Å². The van der Waals surface area contributed by atoms with Gasteiger partial charge in [-0.3, -0.25) is 14.4 Å². The fourth-order valence-corrected chi connectivity index (χ4v) is 4.32. The second-order valence-corrected chi connectivity index (χ2v) is 9.14. The first-order valence-corrected chi connectivity index (χ1v) is 11.9. The summed E-state index contributed by atoms with van der Waals surface area (Å²) in [4.78, 5) is 42.9. The van der Waals surface area contributed by atoms with Crippen molar-refractivity contribution in [3.05, 3.63) is 59.7 Å². The molecular formula is C27H35N3O5. The molecule has 2 aromatic carbocycles. The van der Waals surface area contributed by atoms with Crippen molar-refractivity contribution in [1.29, 1.82) is 0 Å². The van der Waals surface area contributed by atoms with Crippen molar-refractivity contribution in [3.63, 3.8) is 0 Å². The van der Waals surface area contributed by atoms with E-state index in [1.807, 2.05) is 56.0 Å². The Morgan fingerprint density at radius 2 is 1.74 bits per heavy atom. The minimum absolute atomic E-state index is 0.0520. The van der Waals surface area contributed by atoms with E-state index in [1.165, 1.54) is 14.2 Å². The topological polar surface area (TPSA) is 88.2 Å². The molecule has 1 heterocycles. The van der Waals surface area contributed by atoms with Gasteiger partial charge in [0.1, 0.15) is 17.5 Å². The molecule has 35 heavy (non-hydrogen) atoms. The molecule has 1 aliphatic heterocycles. The zero-order chi connectivity index (χ0) is 25.5. The van der Waals surface area contributed by atoms with Gasteiger partial charge >= 0.3 is 0 Å². The van der Waals surface area contributed by atoms with Gasteiger partial charge in [-0.05, 0) is 30.5 Å². The molecule has 188 valence electrons. The van der Waals surface area contributed by atoms with Crippen molar-refractivity contribution in [2.75, 3.05) is 33.9 Å². The molecule has 8 heteroatoms. The van der Waals surface area contributed by atoms with Crippen LogP contribution >= 0.6 is 0 Å². The van der Waals surface area contributed by atoms with E-state index in [-0.39, 0.29) is 29.7 Å². The number of carbonyl (C=O) groups is 3. The summed E-state index contributed by atoms with van der Waals surface area (Å²) in [5.41, 5.74) is 1.30. The first-order chi connectivity index (χ1) is 16.7. The maximum Gasteiger partial charge on any atom is 0.255 e. The summed E-state index contributed by atoms with van der Waals surface area (Å²) in [6.07, 6.45) is 0.341. The maximum absolute atomic E-state index is 13.4. The summed E-state index contributed by atoms with van der Waals surface area (Å²) < 4.78 is 10.5. The first kappa shape index (κ1) is 26.1. The second-order valence-electron chi connectivity index (χ2n) is 9.14. The Kier molecular flexibility index (Phi) is 8.73. The predicted molar refractivity (Wildman–Crippen MR) is 134 cm³/mol. The lowest BCUT2D eigenvalue weighted by Gasteiger charge is -2.41. The molecule has 3 amide bonds. The van der Waals surface area contributed by atoms with E-state index in [2.05, 4.69) is 5.32 Å². The molecule has 3 rings (SSSR count). The van der Waals surface area contributed by atoms with Gasteiger partial charge in [-0.1, -0.05) is 44.2 Å². The van der Waals surface area contributed by atoms with Crippen LogP contribution in [0, 0.1) is 5.92 Å². The van der Waals surface area contributed by atoms with Gasteiger partial charge in [0.2, 0.25) is 11.8 Å². The van der Waals surface area contributed by atoms with Crippen LogP contribution in [0.15, 0.2) is 48.5 Å². The van der Waals surface area contributed by atoms with E-state index in [0.717, 1.165) is 5.56 Å². The highest BCUT2D eigenvalue weighted by Gasteiger charge is 2.35. The summed E-state index contributed by atoms with van der Waals surface area (Å²) in [7, 11) is 3.02. The Bertz CT molecular complexity index is 1040. The number of nitrogens with one attached hydrogen (secondary N) is 1. The molecule has 0 spiro atoms. The van der Waals surface area contributed by atoms with E-state index >= 15 is 0 Å². The summed E-state index contributed by atoms with van der Waals surface area (Å²) in [5, 5.41) is 2.89. The number of piperazine rings is 1. The molecule has 1 fully saturated rings. The lowest BCUT2D eigenvalue weighted by Crippen LogP contribution is -2.60. The van der Waals surface area contributed by atoms with Gasteiger partial charge in [0.05, 0.1) is 26.2 Å². The summed E-state index contributed by atoms with van der Waals surface area (Å²) in [6.45, 7) is 7.06. The summed E-state index contributed by atoms with van der Waals surface area (Å²) >= 11 is 0. The number of methoxy groups -OCH3 is 2. The van der Waals surface area contributed by atoms with Crippen LogP contribution in [0.1, 0.15) is 36.7 Å². The van der Waals surface area contributed by atoms with E-state index < -0.39 is 6.04 Å². The molecule has 1 N–H and O–H groups in total. The molecule has 2 atom stereocenters. The van der Waals surface area contributed by atoms with Gasteiger partial charge in [0.25, 0.3) is 5.91 Å². The fourth-order valence-electron chi connectivity index (χ4n) is 4.32. The average molecular weight is 482 g/mol. The second kappa shape index (κ2) is 11.7. The molecule has 1 aliphatic rings. The molecule has 2 unspecified atom stereocenters. The Hall–Kier alpha value is -3.55.